The first-order valence-electron chi connectivity index (χ1n) is 14.6. The maximum atomic E-state index is 3.00. The molecule has 1 aliphatic heterocycles. The molecular weight excluding hydrogens is 412 g/mol. The summed E-state index contributed by atoms with van der Waals surface area (Å²) in [6.07, 6.45) is 26.5. The minimum atomic E-state index is 0.210. The van der Waals surface area contributed by atoms with E-state index in [9.17, 15) is 0 Å². The molecule has 0 amide bonds. The van der Waals surface area contributed by atoms with E-state index in [2.05, 4.69) is 59.4 Å². The van der Waals surface area contributed by atoms with E-state index in [1.165, 1.54) is 119 Å². The molecule has 1 aromatic heterocycles. The smallest absolute Gasteiger partial charge is 0.217 e. The largest absolute Gasteiger partial charge is 0.266 e. The summed E-state index contributed by atoms with van der Waals surface area (Å²) in [7, 11) is 0. The Morgan fingerprint density at radius 1 is 0.735 bits per heavy atom. The van der Waals surface area contributed by atoms with Gasteiger partial charge in [0, 0.05) is 18.8 Å². The molecule has 1 aromatic carbocycles. The van der Waals surface area contributed by atoms with Crippen molar-refractivity contribution in [1.82, 2.24) is 4.57 Å². The summed E-state index contributed by atoms with van der Waals surface area (Å²) in [5.41, 5.74) is 6.03. The molecular formula is C32H45N2+. The van der Waals surface area contributed by atoms with Crippen LogP contribution in [-0.4, -0.2) is 4.57 Å². The van der Waals surface area contributed by atoms with Gasteiger partial charge < -0.3 is 0 Å². The predicted molar refractivity (Wildman–Crippen MR) is 141 cm³/mol. The summed E-state index contributed by atoms with van der Waals surface area (Å²) in [5.74, 6) is 3.96. The van der Waals surface area contributed by atoms with E-state index >= 15 is 0 Å². The zero-order valence-corrected chi connectivity index (χ0v) is 21.7. The monoisotopic (exact) mass is 457 g/mol. The van der Waals surface area contributed by atoms with Crippen LogP contribution in [0.25, 0.3) is 11.8 Å². The molecule has 182 valence electrons. The van der Waals surface area contributed by atoms with Gasteiger partial charge in [-0.1, -0.05) is 76.0 Å². The summed E-state index contributed by atoms with van der Waals surface area (Å²) >= 11 is 0. The molecule has 0 spiro atoms. The van der Waals surface area contributed by atoms with Crippen molar-refractivity contribution in [2.75, 3.05) is 0 Å². The number of aryl methyl sites for hydroxylation is 1. The van der Waals surface area contributed by atoms with Crippen LogP contribution in [0.3, 0.4) is 0 Å². The number of fused-ring (bicyclic) bond motifs is 1. The van der Waals surface area contributed by atoms with Crippen LogP contribution in [0.15, 0.2) is 30.3 Å². The molecule has 34 heavy (non-hydrogen) atoms. The fourth-order valence-electron chi connectivity index (χ4n) is 8.51. The molecule has 3 saturated carbocycles. The Labute approximate surface area is 207 Å². The highest BCUT2D eigenvalue weighted by atomic mass is 15.2. The highest BCUT2D eigenvalue weighted by Crippen LogP contribution is 2.50. The Morgan fingerprint density at radius 3 is 1.88 bits per heavy atom. The molecule has 0 bridgehead atoms. The average molecular weight is 458 g/mol. The number of benzene rings is 1. The van der Waals surface area contributed by atoms with Crippen LogP contribution >= 0.6 is 0 Å². The zero-order valence-electron chi connectivity index (χ0n) is 21.7. The number of allylic oxidation sites excluding steroid dienone is 1. The molecule has 0 atom stereocenters. The lowest BCUT2D eigenvalue weighted by Gasteiger charge is -2.44. The van der Waals surface area contributed by atoms with Crippen LogP contribution in [0.2, 0.25) is 0 Å². The highest BCUT2D eigenvalue weighted by molar-refractivity contribution is 5.53. The molecule has 2 aromatic rings. The van der Waals surface area contributed by atoms with Gasteiger partial charge in [0.2, 0.25) is 0 Å². The Kier molecular flexibility index (Phi) is 6.20. The van der Waals surface area contributed by atoms with Gasteiger partial charge in [-0.2, -0.15) is 4.57 Å². The summed E-state index contributed by atoms with van der Waals surface area (Å²) < 4.78 is 5.72. The van der Waals surface area contributed by atoms with E-state index in [0.29, 0.717) is 5.92 Å². The number of aromatic nitrogens is 2. The maximum absolute atomic E-state index is 3.00. The standard InChI is InChI=1S/C32H45N2/c1-24-14-12-13-21-29(24)33-25(2)30-22-23-32(27-17-8-4-9-18-27,28-19-10-5-11-20-28)34(30)31(33)26-15-6-3-7-16-26/h12-14,21-23,26-28H,3-11,15-20H2,1-2H3/q+1. The molecule has 3 fully saturated rings. The van der Waals surface area contributed by atoms with Crippen molar-refractivity contribution in [2.45, 2.75) is 122 Å². The van der Waals surface area contributed by atoms with Crippen LogP contribution in [0.1, 0.15) is 125 Å². The Hall–Kier alpha value is -1.83. The van der Waals surface area contributed by atoms with Crippen molar-refractivity contribution >= 4 is 6.08 Å². The first-order chi connectivity index (χ1) is 16.7. The van der Waals surface area contributed by atoms with E-state index in [1.54, 1.807) is 5.82 Å². The SMILES string of the molecule is Cc1ccccc1-n1c(C)c2[n+](c1C1CCCCC1)C(C1CCCCC1)(C1CCCCC1)C=C2. The Bertz CT molecular complexity index is 1020. The molecule has 0 saturated heterocycles. The first kappa shape index (κ1) is 22.6. The van der Waals surface area contributed by atoms with Crippen molar-refractivity contribution in [3.05, 3.63) is 53.1 Å². The molecule has 0 unspecified atom stereocenters. The summed E-state index contributed by atoms with van der Waals surface area (Å²) in [5, 5.41) is 0. The van der Waals surface area contributed by atoms with Gasteiger partial charge in [0.25, 0.3) is 5.82 Å². The second kappa shape index (κ2) is 9.32. The number of nitrogens with zero attached hydrogens (tertiary/aromatic N) is 2. The van der Waals surface area contributed by atoms with Crippen molar-refractivity contribution in [2.24, 2.45) is 11.8 Å². The third kappa shape index (κ3) is 3.54. The van der Waals surface area contributed by atoms with E-state index in [0.717, 1.165) is 11.8 Å². The van der Waals surface area contributed by atoms with Gasteiger partial charge in [-0.05, 0) is 69.2 Å². The van der Waals surface area contributed by atoms with Gasteiger partial charge in [-0.15, -0.1) is 0 Å². The Balaban J connectivity index is 1.60. The van der Waals surface area contributed by atoms with Crippen LogP contribution in [0.5, 0.6) is 0 Å². The van der Waals surface area contributed by atoms with Gasteiger partial charge in [0.15, 0.2) is 11.4 Å². The maximum Gasteiger partial charge on any atom is 0.266 e. The third-order valence-corrected chi connectivity index (χ3v) is 10.1. The van der Waals surface area contributed by atoms with Crippen molar-refractivity contribution in [1.29, 1.82) is 0 Å². The summed E-state index contributed by atoms with van der Waals surface area (Å²) in [6.45, 7) is 4.72. The minimum Gasteiger partial charge on any atom is -0.217 e. The predicted octanol–water partition coefficient (Wildman–Crippen LogP) is 8.31. The van der Waals surface area contributed by atoms with Gasteiger partial charge in [-0.3, -0.25) is 0 Å². The molecule has 6 rings (SSSR count). The summed E-state index contributed by atoms with van der Waals surface area (Å²) in [6, 6.07) is 9.12. The van der Waals surface area contributed by atoms with Gasteiger partial charge >= 0.3 is 0 Å². The molecule has 0 N–H and O–H groups in total. The van der Waals surface area contributed by atoms with Crippen LogP contribution in [0.4, 0.5) is 0 Å². The minimum absolute atomic E-state index is 0.210. The van der Waals surface area contributed by atoms with Crippen LogP contribution in [0, 0.1) is 25.7 Å². The molecule has 0 radical (unpaired) electrons. The number of rotatable bonds is 4. The molecule has 2 heterocycles. The fourth-order valence-corrected chi connectivity index (χ4v) is 8.51. The lowest BCUT2D eigenvalue weighted by atomic mass is 9.64. The van der Waals surface area contributed by atoms with Crippen LogP contribution < -0.4 is 4.57 Å². The Morgan fingerprint density at radius 2 is 1.29 bits per heavy atom. The van der Waals surface area contributed by atoms with Crippen molar-refractivity contribution in [3.63, 3.8) is 0 Å². The molecule has 2 heteroatoms. The van der Waals surface area contributed by atoms with E-state index in [4.69, 9.17) is 0 Å². The van der Waals surface area contributed by atoms with E-state index < -0.39 is 0 Å². The van der Waals surface area contributed by atoms with Gasteiger partial charge in [-0.25, -0.2) is 4.57 Å². The fraction of sp³-hybridized carbons (Fsp3) is 0.656. The average Bonchev–Trinajstić information content (AvgIpc) is 3.43. The second-order valence-electron chi connectivity index (χ2n) is 12.0. The van der Waals surface area contributed by atoms with Crippen molar-refractivity contribution < 1.29 is 4.57 Å². The number of para-hydroxylation sites is 1. The van der Waals surface area contributed by atoms with Crippen molar-refractivity contribution in [3.8, 4) is 5.69 Å². The normalized spacial score (nSPS) is 23.9. The zero-order chi connectivity index (χ0) is 23.1. The molecule has 3 aliphatic carbocycles. The quantitative estimate of drug-likeness (QED) is 0.408. The topological polar surface area (TPSA) is 8.81 Å². The molecule has 2 nitrogen and oxygen atoms in total. The number of hydrogen-bond donors (Lipinski definition) is 0. The number of hydrogen-bond acceptors (Lipinski definition) is 0. The van der Waals surface area contributed by atoms with Crippen LogP contribution in [-0.2, 0) is 5.54 Å². The lowest BCUT2D eigenvalue weighted by molar-refractivity contribution is -0.773. The molecule has 4 aliphatic rings. The number of imidazole rings is 1. The van der Waals surface area contributed by atoms with E-state index in [-0.39, 0.29) is 5.54 Å². The second-order valence-corrected chi connectivity index (χ2v) is 12.0. The van der Waals surface area contributed by atoms with E-state index in [1.807, 2.05) is 0 Å². The highest BCUT2D eigenvalue weighted by Gasteiger charge is 2.56. The lowest BCUT2D eigenvalue weighted by Crippen LogP contribution is -2.65. The first-order valence-corrected chi connectivity index (χ1v) is 14.6. The third-order valence-electron chi connectivity index (χ3n) is 10.1. The van der Waals surface area contributed by atoms with Gasteiger partial charge in [0.05, 0.1) is 5.92 Å². The summed E-state index contributed by atoms with van der Waals surface area (Å²) in [4.78, 5) is 0. The van der Waals surface area contributed by atoms with Gasteiger partial charge in [0.1, 0.15) is 11.2 Å².